The quantitative estimate of drug-likeness (QED) is 0.216. The molecule has 0 spiro atoms. The highest BCUT2D eigenvalue weighted by atomic mass is 16.5. The van der Waals surface area contributed by atoms with Crippen LogP contribution in [0.15, 0.2) is 48.7 Å². The van der Waals surface area contributed by atoms with E-state index in [0.29, 0.717) is 5.69 Å². The number of carbonyl (C=O) groups excluding carboxylic acids is 1. The Hall–Kier alpha value is -3.27. The number of hydrogen-bond acceptors (Lipinski definition) is 4. The maximum atomic E-state index is 12.0. The number of fused-ring (bicyclic) bond motifs is 1. The van der Waals surface area contributed by atoms with E-state index in [2.05, 4.69) is 16.8 Å². The Kier molecular flexibility index (Phi) is 4.94. The molecular weight excluding hydrogens is 328 g/mol. The Morgan fingerprint density at radius 3 is 2.46 bits per heavy atom. The molecular formula is C20H20N4O2. The topological polar surface area (TPSA) is 117 Å². The van der Waals surface area contributed by atoms with E-state index in [1.54, 1.807) is 18.6 Å². The zero-order chi connectivity index (χ0) is 18.7. The van der Waals surface area contributed by atoms with Gasteiger partial charge in [0.25, 0.3) is 5.91 Å². The van der Waals surface area contributed by atoms with Crippen molar-refractivity contribution in [2.75, 3.05) is 5.73 Å². The monoisotopic (exact) mass is 348 g/mol. The summed E-state index contributed by atoms with van der Waals surface area (Å²) in [6.07, 6.45) is 1.74. The van der Waals surface area contributed by atoms with Crippen molar-refractivity contribution >= 4 is 22.5 Å². The van der Waals surface area contributed by atoms with Crippen LogP contribution in [0.3, 0.4) is 0 Å². The average molecular weight is 348 g/mol. The molecule has 1 amide bonds. The van der Waals surface area contributed by atoms with Gasteiger partial charge in [0.15, 0.2) is 0 Å². The van der Waals surface area contributed by atoms with E-state index < -0.39 is 17.9 Å². The van der Waals surface area contributed by atoms with Crippen LogP contribution in [0.5, 0.6) is 0 Å². The molecule has 1 aromatic heterocycles. The first-order chi connectivity index (χ1) is 12.5. The Bertz CT molecular complexity index is 994. The lowest BCUT2D eigenvalue weighted by Gasteiger charge is -2.18. The van der Waals surface area contributed by atoms with Crippen LogP contribution in [-0.4, -0.2) is 22.1 Å². The van der Waals surface area contributed by atoms with Crippen LogP contribution in [0.25, 0.3) is 10.9 Å². The smallest absolute Gasteiger partial charge is 0.252 e. The summed E-state index contributed by atoms with van der Waals surface area (Å²) in [6.45, 7) is 1.73. The molecule has 0 saturated heterocycles. The summed E-state index contributed by atoms with van der Waals surface area (Å²) in [5.74, 6) is 5.02. The Labute approximate surface area is 151 Å². The summed E-state index contributed by atoms with van der Waals surface area (Å²) < 4.78 is 0. The summed E-state index contributed by atoms with van der Waals surface area (Å²) in [6, 6.07) is 12.6. The number of amides is 1. The van der Waals surface area contributed by atoms with Crippen LogP contribution in [0.4, 0.5) is 5.69 Å². The second-order valence-corrected chi connectivity index (χ2v) is 6.19. The van der Waals surface area contributed by atoms with Crippen LogP contribution >= 0.6 is 0 Å². The number of hydrogen-bond donors (Lipinski definition) is 5. The number of aromatic amines is 1. The lowest BCUT2D eigenvalue weighted by atomic mass is 9.91. The first-order valence-electron chi connectivity index (χ1n) is 8.17. The molecule has 0 saturated carbocycles. The molecule has 0 bridgehead atoms. The molecule has 3 aromatic rings. The van der Waals surface area contributed by atoms with Gasteiger partial charge in [-0.05, 0) is 48.9 Å². The van der Waals surface area contributed by atoms with E-state index in [0.717, 1.165) is 27.6 Å². The standard InChI is InChI=1S/C20H20N4O2/c1-12(21)19(20(25)24-26)17-11-23-18-10-14(6-9-16(17)18)3-2-13-4-7-15(22)8-5-13/h4-12,19,23,26H,21-22H2,1H3,(H,24,25). The number of anilines is 1. The molecule has 132 valence electrons. The van der Waals surface area contributed by atoms with Gasteiger partial charge in [-0.1, -0.05) is 17.9 Å². The molecule has 7 N–H and O–H groups in total. The molecule has 6 nitrogen and oxygen atoms in total. The van der Waals surface area contributed by atoms with E-state index >= 15 is 0 Å². The number of rotatable bonds is 3. The third kappa shape index (κ3) is 3.54. The second kappa shape index (κ2) is 7.31. The van der Waals surface area contributed by atoms with Crippen LogP contribution in [0, 0.1) is 11.8 Å². The van der Waals surface area contributed by atoms with Crippen molar-refractivity contribution in [3.63, 3.8) is 0 Å². The van der Waals surface area contributed by atoms with Crippen molar-refractivity contribution < 1.29 is 10.0 Å². The van der Waals surface area contributed by atoms with Crippen molar-refractivity contribution in [1.29, 1.82) is 0 Å². The minimum atomic E-state index is -0.652. The van der Waals surface area contributed by atoms with E-state index in [9.17, 15) is 4.79 Å². The van der Waals surface area contributed by atoms with Crippen molar-refractivity contribution in [3.8, 4) is 11.8 Å². The molecule has 0 fully saturated rings. The molecule has 2 atom stereocenters. The van der Waals surface area contributed by atoms with Gasteiger partial charge in [-0.15, -0.1) is 0 Å². The largest absolute Gasteiger partial charge is 0.399 e. The minimum Gasteiger partial charge on any atom is -0.399 e. The number of carbonyl (C=O) groups is 1. The fraction of sp³-hybridized carbons (Fsp3) is 0.150. The highest BCUT2D eigenvalue weighted by Crippen LogP contribution is 2.28. The summed E-state index contributed by atoms with van der Waals surface area (Å²) in [4.78, 5) is 15.1. The van der Waals surface area contributed by atoms with Gasteiger partial charge in [-0.25, -0.2) is 5.48 Å². The number of hydroxylamine groups is 1. The van der Waals surface area contributed by atoms with Gasteiger partial charge >= 0.3 is 0 Å². The van der Waals surface area contributed by atoms with Crippen molar-refractivity contribution in [2.45, 2.75) is 18.9 Å². The first-order valence-corrected chi connectivity index (χ1v) is 8.17. The van der Waals surface area contributed by atoms with E-state index in [4.69, 9.17) is 16.7 Å². The van der Waals surface area contributed by atoms with Gasteiger partial charge in [0, 0.05) is 40.0 Å². The average Bonchev–Trinajstić information content (AvgIpc) is 3.04. The number of benzene rings is 2. The predicted octanol–water partition coefficient (Wildman–Crippen LogP) is 2.09. The lowest BCUT2D eigenvalue weighted by Crippen LogP contribution is -2.37. The second-order valence-electron chi connectivity index (χ2n) is 6.19. The molecule has 26 heavy (non-hydrogen) atoms. The van der Waals surface area contributed by atoms with Crippen molar-refractivity contribution in [1.82, 2.24) is 10.5 Å². The maximum absolute atomic E-state index is 12.0. The number of nitrogens with two attached hydrogens (primary N) is 2. The Morgan fingerprint density at radius 2 is 1.81 bits per heavy atom. The Morgan fingerprint density at radius 1 is 1.15 bits per heavy atom. The van der Waals surface area contributed by atoms with Gasteiger partial charge in [0.2, 0.25) is 0 Å². The molecule has 3 rings (SSSR count). The van der Waals surface area contributed by atoms with Crippen molar-refractivity contribution in [2.24, 2.45) is 5.73 Å². The highest BCUT2D eigenvalue weighted by molar-refractivity contribution is 5.92. The van der Waals surface area contributed by atoms with Gasteiger partial charge in [0.1, 0.15) is 0 Å². The normalized spacial score (nSPS) is 12.9. The van der Waals surface area contributed by atoms with Crippen LogP contribution < -0.4 is 16.9 Å². The maximum Gasteiger partial charge on any atom is 0.252 e. The van der Waals surface area contributed by atoms with Gasteiger partial charge < -0.3 is 16.5 Å². The minimum absolute atomic E-state index is 0.453. The third-order valence-electron chi connectivity index (χ3n) is 4.23. The van der Waals surface area contributed by atoms with Gasteiger partial charge in [-0.3, -0.25) is 10.0 Å². The molecule has 6 heteroatoms. The van der Waals surface area contributed by atoms with E-state index in [1.807, 2.05) is 42.5 Å². The van der Waals surface area contributed by atoms with Gasteiger partial charge in [0.05, 0.1) is 5.92 Å². The van der Waals surface area contributed by atoms with Crippen LogP contribution in [0.1, 0.15) is 29.5 Å². The van der Waals surface area contributed by atoms with Crippen LogP contribution in [-0.2, 0) is 4.79 Å². The number of nitrogen functional groups attached to an aromatic ring is 1. The SMILES string of the molecule is CC(N)C(C(=O)NO)c1c[nH]c2cc(C#Cc3ccc(N)cc3)ccc12. The summed E-state index contributed by atoms with van der Waals surface area (Å²) in [5, 5.41) is 9.84. The van der Waals surface area contributed by atoms with E-state index in [1.165, 1.54) is 0 Å². The molecule has 1 heterocycles. The highest BCUT2D eigenvalue weighted by Gasteiger charge is 2.26. The predicted molar refractivity (Wildman–Crippen MR) is 101 cm³/mol. The first kappa shape index (κ1) is 17.5. The fourth-order valence-electron chi connectivity index (χ4n) is 2.93. The van der Waals surface area contributed by atoms with Gasteiger partial charge in [-0.2, -0.15) is 0 Å². The number of nitrogens with one attached hydrogen (secondary N) is 2. The molecule has 2 unspecified atom stereocenters. The third-order valence-corrected chi connectivity index (χ3v) is 4.23. The fourth-order valence-corrected chi connectivity index (χ4v) is 2.93. The van der Waals surface area contributed by atoms with E-state index in [-0.39, 0.29) is 0 Å². The summed E-state index contributed by atoms with van der Waals surface area (Å²) >= 11 is 0. The summed E-state index contributed by atoms with van der Waals surface area (Å²) in [7, 11) is 0. The lowest BCUT2D eigenvalue weighted by molar-refractivity contribution is -0.131. The molecule has 0 aliphatic rings. The molecule has 0 radical (unpaired) electrons. The van der Waals surface area contributed by atoms with Crippen LogP contribution in [0.2, 0.25) is 0 Å². The zero-order valence-electron chi connectivity index (χ0n) is 14.3. The zero-order valence-corrected chi connectivity index (χ0v) is 14.3. The number of H-pyrrole nitrogens is 1. The Balaban J connectivity index is 1.94. The molecule has 0 aliphatic heterocycles. The molecule has 2 aromatic carbocycles. The van der Waals surface area contributed by atoms with Crippen molar-refractivity contribution in [3.05, 3.63) is 65.4 Å². The summed E-state index contributed by atoms with van der Waals surface area (Å²) in [5.41, 5.74) is 17.3. The number of aromatic nitrogens is 1. The molecule has 0 aliphatic carbocycles.